The average molecular weight is 495 g/mol. The van der Waals surface area contributed by atoms with Crippen LogP contribution in [-0.4, -0.2) is 70.2 Å². The second-order valence-electron chi connectivity index (χ2n) is 8.62. The minimum absolute atomic E-state index is 0.0931. The fourth-order valence-electron chi connectivity index (χ4n) is 4.39. The molecule has 0 radical (unpaired) electrons. The molecular weight excluding hydrogens is 460 g/mol. The Labute approximate surface area is 210 Å². The van der Waals surface area contributed by atoms with Gasteiger partial charge in [-0.25, -0.2) is 15.0 Å². The van der Waals surface area contributed by atoms with Crippen LogP contribution in [-0.2, 0) is 6.54 Å². The molecule has 192 valence electrons. The number of ether oxygens (including phenoxy) is 2. The van der Waals surface area contributed by atoms with Gasteiger partial charge in [-0.05, 0) is 44.5 Å². The highest BCUT2D eigenvalue weighted by Crippen LogP contribution is 2.37. The van der Waals surface area contributed by atoms with Gasteiger partial charge in [0, 0.05) is 37.4 Å². The summed E-state index contributed by atoms with van der Waals surface area (Å²) in [7, 11) is 1.59. The Bertz CT molecular complexity index is 1270. The molecule has 3 N–H and O–H groups in total. The SMILES string of the molecule is CCCN(CCC)CCCOc1ccc2c3n(c(=NC(=O)c4cnc(N)nc4)nc2c1OC)CCN3. The predicted octanol–water partition coefficient (Wildman–Crippen LogP) is 2.47. The third-order valence-corrected chi connectivity index (χ3v) is 5.98. The maximum absolute atomic E-state index is 12.8. The highest BCUT2D eigenvalue weighted by Gasteiger charge is 2.21. The van der Waals surface area contributed by atoms with E-state index in [0.717, 1.165) is 50.1 Å². The van der Waals surface area contributed by atoms with Crippen molar-refractivity contribution in [3.05, 3.63) is 35.7 Å². The number of amides is 1. The van der Waals surface area contributed by atoms with Crippen LogP contribution < -0.4 is 26.1 Å². The second kappa shape index (κ2) is 11.8. The summed E-state index contributed by atoms with van der Waals surface area (Å²) in [6.07, 6.45) is 5.90. The lowest BCUT2D eigenvalue weighted by atomic mass is 10.2. The van der Waals surface area contributed by atoms with Crippen molar-refractivity contribution in [2.24, 2.45) is 4.99 Å². The standard InChI is InChI=1S/C25H34N8O3/c1-4-10-32(11-5-2)12-6-14-36-19-8-7-18-20(21(19)35-3)30-25(33-13-9-27-22(18)33)31-23(34)17-15-28-24(26)29-16-17/h7-8,15-16,27H,4-6,9-14H2,1-3H3,(H2,26,28,29). The monoisotopic (exact) mass is 494 g/mol. The Hall–Kier alpha value is -3.73. The van der Waals surface area contributed by atoms with Gasteiger partial charge >= 0.3 is 0 Å². The molecule has 4 rings (SSSR count). The van der Waals surface area contributed by atoms with Crippen molar-refractivity contribution >= 4 is 28.6 Å². The van der Waals surface area contributed by atoms with Gasteiger partial charge < -0.3 is 25.4 Å². The summed E-state index contributed by atoms with van der Waals surface area (Å²) in [5, 5.41) is 4.24. The third kappa shape index (κ3) is 5.56. The molecule has 11 nitrogen and oxygen atoms in total. The number of aromatic nitrogens is 4. The van der Waals surface area contributed by atoms with Crippen LogP contribution in [0.2, 0.25) is 0 Å². The van der Waals surface area contributed by atoms with E-state index in [4.69, 9.17) is 20.2 Å². The summed E-state index contributed by atoms with van der Waals surface area (Å²) in [6, 6.07) is 3.87. The van der Waals surface area contributed by atoms with Crippen LogP contribution in [0.3, 0.4) is 0 Å². The fourth-order valence-corrected chi connectivity index (χ4v) is 4.39. The Morgan fingerprint density at radius 3 is 2.64 bits per heavy atom. The topological polar surface area (TPSA) is 133 Å². The fraction of sp³-hybridized carbons (Fsp3) is 0.480. The number of nitrogens with zero attached hydrogens (tertiary/aromatic N) is 6. The molecule has 0 atom stereocenters. The molecule has 0 unspecified atom stereocenters. The molecule has 1 aliphatic heterocycles. The molecule has 1 aromatic carbocycles. The molecule has 3 heterocycles. The van der Waals surface area contributed by atoms with Crippen LogP contribution in [0.4, 0.5) is 11.8 Å². The molecule has 3 aromatic rings. The molecule has 0 bridgehead atoms. The first kappa shape index (κ1) is 25.4. The third-order valence-electron chi connectivity index (χ3n) is 5.98. The van der Waals surface area contributed by atoms with Gasteiger partial charge in [0.05, 0.1) is 19.3 Å². The van der Waals surface area contributed by atoms with Crippen molar-refractivity contribution < 1.29 is 14.3 Å². The quantitative estimate of drug-likeness (QED) is 0.386. The lowest BCUT2D eigenvalue weighted by molar-refractivity contribution is 0.0996. The van der Waals surface area contributed by atoms with E-state index in [2.05, 4.69) is 39.0 Å². The van der Waals surface area contributed by atoms with Crippen LogP contribution in [0.25, 0.3) is 10.9 Å². The Morgan fingerprint density at radius 1 is 1.19 bits per heavy atom. The number of fused-ring (bicyclic) bond motifs is 3. The van der Waals surface area contributed by atoms with Gasteiger partial charge in [0.15, 0.2) is 11.5 Å². The molecule has 1 aliphatic rings. The first-order valence-electron chi connectivity index (χ1n) is 12.4. The number of carbonyl (C=O) groups excluding carboxylic acids is 1. The highest BCUT2D eigenvalue weighted by molar-refractivity contribution is 5.96. The lowest BCUT2D eigenvalue weighted by Gasteiger charge is -2.21. The van der Waals surface area contributed by atoms with E-state index < -0.39 is 5.91 Å². The zero-order valence-electron chi connectivity index (χ0n) is 21.2. The first-order chi connectivity index (χ1) is 17.5. The molecule has 11 heteroatoms. The number of methoxy groups -OCH3 is 1. The van der Waals surface area contributed by atoms with Crippen molar-refractivity contribution in [1.29, 1.82) is 0 Å². The number of hydrogen-bond donors (Lipinski definition) is 2. The van der Waals surface area contributed by atoms with Crippen LogP contribution >= 0.6 is 0 Å². The van der Waals surface area contributed by atoms with E-state index in [1.54, 1.807) is 7.11 Å². The van der Waals surface area contributed by atoms with Gasteiger partial charge in [-0.2, -0.15) is 4.99 Å². The van der Waals surface area contributed by atoms with Crippen LogP contribution in [0.1, 0.15) is 43.5 Å². The number of nitrogens with one attached hydrogen (secondary N) is 1. The zero-order chi connectivity index (χ0) is 25.5. The molecular formula is C25H34N8O3. The molecule has 0 fully saturated rings. The van der Waals surface area contributed by atoms with Crippen molar-refractivity contribution in [1.82, 2.24) is 24.4 Å². The van der Waals surface area contributed by atoms with Gasteiger partial charge in [0.1, 0.15) is 11.3 Å². The average Bonchev–Trinajstić information content (AvgIpc) is 3.37. The molecule has 0 spiro atoms. The van der Waals surface area contributed by atoms with Crippen molar-refractivity contribution in [2.75, 3.05) is 50.9 Å². The minimum Gasteiger partial charge on any atom is -0.491 e. The number of benzene rings is 1. The largest absolute Gasteiger partial charge is 0.491 e. The van der Waals surface area contributed by atoms with Crippen LogP contribution in [0, 0.1) is 0 Å². The minimum atomic E-state index is -0.501. The number of nitrogens with two attached hydrogens (primary N) is 1. The van der Waals surface area contributed by atoms with Crippen LogP contribution in [0.5, 0.6) is 11.5 Å². The van der Waals surface area contributed by atoms with E-state index >= 15 is 0 Å². The Balaban J connectivity index is 1.63. The van der Waals surface area contributed by atoms with Gasteiger partial charge in [-0.1, -0.05) is 13.8 Å². The maximum Gasteiger partial charge on any atom is 0.283 e. The summed E-state index contributed by atoms with van der Waals surface area (Å²) in [5.74, 6) is 1.55. The Morgan fingerprint density at radius 2 is 1.94 bits per heavy atom. The first-order valence-corrected chi connectivity index (χ1v) is 12.4. The van der Waals surface area contributed by atoms with E-state index in [0.29, 0.717) is 36.7 Å². The van der Waals surface area contributed by atoms with E-state index in [-0.39, 0.29) is 17.1 Å². The maximum atomic E-state index is 12.8. The number of carbonyl (C=O) groups is 1. The molecule has 36 heavy (non-hydrogen) atoms. The van der Waals surface area contributed by atoms with Gasteiger partial charge in [-0.15, -0.1) is 0 Å². The molecule has 1 amide bonds. The van der Waals surface area contributed by atoms with E-state index in [1.807, 2.05) is 16.7 Å². The van der Waals surface area contributed by atoms with E-state index in [9.17, 15) is 4.79 Å². The normalized spacial score (nSPS) is 13.2. The summed E-state index contributed by atoms with van der Waals surface area (Å²) < 4.78 is 13.7. The van der Waals surface area contributed by atoms with Crippen LogP contribution in [0.15, 0.2) is 29.5 Å². The summed E-state index contributed by atoms with van der Waals surface area (Å²) in [5.41, 5.74) is 6.61. The molecule has 0 aliphatic carbocycles. The summed E-state index contributed by atoms with van der Waals surface area (Å²) in [4.78, 5) is 32.0. The number of rotatable bonds is 11. The van der Waals surface area contributed by atoms with Gasteiger partial charge in [0.25, 0.3) is 5.91 Å². The summed E-state index contributed by atoms with van der Waals surface area (Å²) in [6.45, 7) is 9.49. The number of anilines is 2. The molecule has 2 aromatic heterocycles. The molecule has 0 saturated carbocycles. The van der Waals surface area contributed by atoms with Crippen molar-refractivity contribution in [2.45, 2.75) is 39.7 Å². The van der Waals surface area contributed by atoms with Crippen molar-refractivity contribution in [3.63, 3.8) is 0 Å². The van der Waals surface area contributed by atoms with Crippen molar-refractivity contribution in [3.8, 4) is 11.5 Å². The van der Waals surface area contributed by atoms with E-state index in [1.165, 1.54) is 12.4 Å². The zero-order valence-corrected chi connectivity index (χ0v) is 21.2. The predicted molar refractivity (Wildman–Crippen MR) is 138 cm³/mol. The second-order valence-corrected chi connectivity index (χ2v) is 8.62. The highest BCUT2D eigenvalue weighted by atomic mass is 16.5. The summed E-state index contributed by atoms with van der Waals surface area (Å²) >= 11 is 0. The number of nitrogen functional groups attached to an aromatic ring is 1. The smallest absolute Gasteiger partial charge is 0.283 e. The lowest BCUT2D eigenvalue weighted by Crippen LogP contribution is -2.27. The Kier molecular flexibility index (Phi) is 8.32. The number of hydrogen-bond acceptors (Lipinski definition) is 9. The van der Waals surface area contributed by atoms with Gasteiger partial charge in [-0.3, -0.25) is 9.36 Å². The molecule has 0 saturated heterocycles. The van der Waals surface area contributed by atoms with Gasteiger partial charge in [0.2, 0.25) is 11.6 Å².